The van der Waals surface area contributed by atoms with Gasteiger partial charge in [0.25, 0.3) is 0 Å². The molecule has 1 aliphatic carbocycles. The fraction of sp³-hybridized carbons (Fsp3) is 0.370. The summed E-state index contributed by atoms with van der Waals surface area (Å²) in [6, 6.07) is 23.6. The van der Waals surface area contributed by atoms with Crippen LogP contribution in [0.4, 0.5) is 0 Å². The zero-order chi connectivity index (χ0) is 21.2. The summed E-state index contributed by atoms with van der Waals surface area (Å²) >= 11 is 0. The van der Waals surface area contributed by atoms with Gasteiger partial charge in [-0.25, -0.2) is 0 Å². The van der Waals surface area contributed by atoms with Gasteiger partial charge in [-0.05, 0) is 60.2 Å². The number of fused-ring (bicyclic) bond motifs is 1. The molecule has 5 rings (SSSR count). The highest BCUT2D eigenvalue weighted by molar-refractivity contribution is 5.88. The number of benzene rings is 3. The minimum absolute atomic E-state index is 0.211. The number of carboxylic acid groups (broad SMARTS) is 1. The lowest BCUT2D eigenvalue weighted by Gasteiger charge is -2.36. The Hall–Kier alpha value is -2.85. The predicted molar refractivity (Wildman–Crippen MR) is 122 cm³/mol. The monoisotopic (exact) mass is 415 g/mol. The summed E-state index contributed by atoms with van der Waals surface area (Å²) in [6.07, 6.45) is 4.81. The first-order valence-corrected chi connectivity index (χ1v) is 11.3. The molecule has 3 aromatic rings. The van der Waals surface area contributed by atoms with Crippen molar-refractivity contribution in [2.45, 2.75) is 44.2 Å². The lowest BCUT2D eigenvalue weighted by atomic mass is 9.83. The van der Waals surface area contributed by atoms with Gasteiger partial charge in [0.2, 0.25) is 0 Å². The highest BCUT2D eigenvalue weighted by Gasteiger charge is 2.32. The van der Waals surface area contributed by atoms with Crippen molar-refractivity contribution >= 4 is 16.7 Å². The van der Waals surface area contributed by atoms with Crippen molar-refractivity contribution < 1.29 is 14.6 Å². The molecule has 2 aliphatic rings. The minimum Gasteiger partial charge on any atom is -0.490 e. The molecule has 0 bridgehead atoms. The molecule has 1 saturated heterocycles. The number of nitrogens with zero attached hydrogens (tertiary/aromatic N) is 1. The van der Waals surface area contributed by atoms with Crippen LogP contribution in [0.5, 0.6) is 5.75 Å². The molecule has 160 valence electrons. The van der Waals surface area contributed by atoms with E-state index in [1.165, 1.54) is 29.4 Å². The average Bonchev–Trinajstić information content (AvgIpc) is 2.77. The van der Waals surface area contributed by atoms with Crippen molar-refractivity contribution in [3.05, 3.63) is 77.9 Å². The van der Waals surface area contributed by atoms with Gasteiger partial charge >= 0.3 is 5.97 Å². The molecule has 1 heterocycles. The molecule has 0 amide bonds. The molecule has 3 aromatic carbocycles. The number of ether oxygens (including phenoxy) is 1. The van der Waals surface area contributed by atoms with Crippen LogP contribution in [0.25, 0.3) is 10.8 Å². The molecule has 0 unspecified atom stereocenters. The zero-order valence-corrected chi connectivity index (χ0v) is 17.7. The molecule has 4 heteroatoms. The normalized spacial score (nSPS) is 22.2. The standard InChI is InChI=1S/C27H29NO3/c29-27(30)23-17-28(18-23)16-19-9-14-25-22(15-19)7-4-8-26(25)31-24-12-10-21(11-13-24)20-5-2-1-3-6-20/h1-9,14-15,21,23-24H,10-13,16-18H2,(H,29,30)/t21-,24-. The van der Waals surface area contributed by atoms with Gasteiger partial charge in [-0.1, -0.05) is 54.6 Å². The molecule has 1 N–H and O–H groups in total. The average molecular weight is 416 g/mol. The van der Waals surface area contributed by atoms with Crippen molar-refractivity contribution in [1.82, 2.24) is 4.90 Å². The van der Waals surface area contributed by atoms with E-state index in [1.807, 2.05) is 0 Å². The van der Waals surface area contributed by atoms with E-state index in [2.05, 4.69) is 71.6 Å². The summed E-state index contributed by atoms with van der Waals surface area (Å²) in [6.45, 7) is 2.08. The van der Waals surface area contributed by atoms with Gasteiger partial charge in [0.15, 0.2) is 0 Å². The second kappa shape index (κ2) is 8.72. The minimum atomic E-state index is -0.686. The third kappa shape index (κ3) is 4.45. The van der Waals surface area contributed by atoms with Crippen molar-refractivity contribution in [3.63, 3.8) is 0 Å². The van der Waals surface area contributed by atoms with Crippen LogP contribution in [0.3, 0.4) is 0 Å². The maximum absolute atomic E-state index is 11.0. The second-order valence-electron chi connectivity index (χ2n) is 9.04. The van der Waals surface area contributed by atoms with Crippen LogP contribution in [0.2, 0.25) is 0 Å². The Kier molecular flexibility index (Phi) is 5.65. The molecule has 0 aromatic heterocycles. The van der Waals surface area contributed by atoms with Crippen molar-refractivity contribution in [2.75, 3.05) is 13.1 Å². The second-order valence-corrected chi connectivity index (χ2v) is 9.04. The third-order valence-corrected chi connectivity index (χ3v) is 6.86. The van der Waals surface area contributed by atoms with Crippen LogP contribution in [0.1, 0.15) is 42.7 Å². The van der Waals surface area contributed by atoms with Gasteiger partial charge in [0.1, 0.15) is 5.75 Å². The van der Waals surface area contributed by atoms with Crippen LogP contribution in [-0.4, -0.2) is 35.2 Å². The molecule has 0 atom stereocenters. The van der Waals surface area contributed by atoms with Crippen LogP contribution >= 0.6 is 0 Å². The molecule has 2 fully saturated rings. The van der Waals surface area contributed by atoms with Gasteiger partial charge in [-0.3, -0.25) is 9.69 Å². The van der Waals surface area contributed by atoms with E-state index in [0.29, 0.717) is 19.0 Å². The summed E-state index contributed by atoms with van der Waals surface area (Å²) in [5.41, 5.74) is 2.67. The van der Waals surface area contributed by atoms with E-state index in [4.69, 9.17) is 9.84 Å². The van der Waals surface area contributed by atoms with E-state index in [-0.39, 0.29) is 12.0 Å². The maximum atomic E-state index is 11.0. The Bertz CT molecular complexity index is 1050. The molecule has 0 radical (unpaired) electrons. The number of rotatable bonds is 6. The molecule has 31 heavy (non-hydrogen) atoms. The van der Waals surface area contributed by atoms with E-state index >= 15 is 0 Å². The van der Waals surface area contributed by atoms with Crippen molar-refractivity contribution in [3.8, 4) is 5.75 Å². The van der Waals surface area contributed by atoms with Gasteiger partial charge < -0.3 is 9.84 Å². The zero-order valence-electron chi connectivity index (χ0n) is 17.7. The topological polar surface area (TPSA) is 49.8 Å². The summed E-state index contributed by atoms with van der Waals surface area (Å²) in [5, 5.41) is 11.4. The van der Waals surface area contributed by atoms with Gasteiger partial charge in [0.05, 0.1) is 12.0 Å². The summed E-state index contributed by atoms with van der Waals surface area (Å²) in [7, 11) is 0. The Morgan fingerprint density at radius 3 is 2.45 bits per heavy atom. The first-order chi connectivity index (χ1) is 15.2. The number of likely N-dealkylation sites (tertiary alicyclic amines) is 1. The molecular formula is C27H29NO3. The Morgan fingerprint density at radius 1 is 0.935 bits per heavy atom. The van der Waals surface area contributed by atoms with E-state index in [9.17, 15) is 4.79 Å². The smallest absolute Gasteiger partial charge is 0.309 e. The maximum Gasteiger partial charge on any atom is 0.309 e. The van der Waals surface area contributed by atoms with E-state index in [0.717, 1.165) is 30.5 Å². The first-order valence-electron chi connectivity index (χ1n) is 11.3. The molecule has 1 saturated carbocycles. The third-order valence-electron chi connectivity index (χ3n) is 6.86. The molecule has 1 aliphatic heterocycles. The van der Waals surface area contributed by atoms with Crippen LogP contribution in [-0.2, 0) is 11.3 Å². The first kappa shape index (κ1) is 20.1. The van der Waals surface area contributed by atoms with Crippen LogP contribution < -0.4 is 4.74 Å². The van der Waals surface area contributed by atoms with Gasteiger partial charge in [-0.15, -0.1) is 0 Å². The van der Waals surface area contributed by atoms with Crippen molar-refractivity contribution in [1.29, 1.82) is 0 Å². The lowest BCUT2D eigenvalue weighted by Crippen LogP contribution is -2.49. The van der Waals surface area contributed by atoms with Crippen LogP contribution in [0.15, 0.2) is 66.7 Å². The molecule has 0 spiro atoms. The van der Waals surface area contributed by atoms with Gasteiger partial charge in [-0.2, -0.15) is 0 Å². The fourth-order valence-electron chi connectivity index (χ4n) is 5.04. The Labute approximate surface area is 183 Å². The predicted octanol–water partition coefficient (Wildman–Crippen LogP) is 5.46. The summed E-state index contributed by atoms with van der Waals surface area (Å²) in [4.78, 5) is 13.2. The number of carbonyl (C=O) groups is 1. The number of hydrogen-bond acceptors (Lipinski definition) is 3. The summed E-state index contributed by atoms with van der Waals surface area (Å²) in [5.74, 6) is 0.729. The quantitative estimate of drug-likeness (QED) is 0.581. The Morgan fingerprint density at radius 2 is 1.71 bits per heavy atom. The Balaban J connectivity index is 1.22. The SMILES string of the molecule is O=C(O)C1CN(Cc2ccc3c(O[C@H]4CC[C@H](c5ccccc5)CC4)cccc3c2)C1. The van der Waals surface area contributed by atoms with Gasteiger partial charge in [0, 0.05) is 25.0 Å². The fourth-order valence-corrected chi connectivity index (χ4v) is 5.04. The lowest BCUT2D eigenvalue weighted by molar-refractivity contribution is -0.147. The highest BCUT2D eigenvalue weighted by atomic mass is 16.5. The van der Waals surface area contributed by atoms with Crippen LogP contribution in [0, 0.1) is 5.92 Å². The number of aliphatic carboxylic acids is 1. The molecular weight excluding hydrogens is 386 g/mol. The van der Waals surface area contributed by atoms with E-state index in [1.54, 1.807) is 0 Å². The number of hydrogen-bond donors (Lipinski definition) is 1. The van der Waals surface area contributed by atoms with Crippen molar-refractivity contribution in [2.24, 2.45) is 5.92 Å². The van der Waals surface area contributed by atoms with E-state index < -0.39 is 5.97 Å². The largest absolute Gasteiger partial charge is 0.490 e. The summed E-state index contributed by atoms with van der Waals surface area (Å²) < 4.78 is 6.47. The molecule has 4 nitrogen and oxygen atoms in total. The highest BCUT2D eigenvalue weighted by Crippen LogP contribution is 2.36. The number of carboxylic acids is 1.